The molecule has 0 fully saturated rings. The molecular weight excluding hydrogens is 1140 g/mol. The summed E-state index contributed by atoms with van der Waals surface area (Å²) in [6.07, 6.45) is 103. The molecule has 3 unspecified atom stereocenters. The third kappa shape index (κ3) is 75.2. The lowest BCUT2D eigenvalue weighted by Gasteiger charge is -2.25. The number of amides is 1. The Balaban J connectivity index is 3.94. The van der Waals surface area contributed by atoms with Crippen molar-refractivity contribution in [3.8, 4) is 0 Å². The number of quaternary nitrogens is 1. The van der Waals surface area contributed by atoms with Crippen LogP contribution in [-0.2, 0) is 18.4 Å². The molecule has 0 saturated heterocycles. The molecule has 0 rings (SSSR count). The number of nitrogens with zero attached hydrogens (tertiary/aromatic N) is 1. The molecule has 0 radical (unpaired) electrons. The predicted molar refractivity (Wildman–Crippen MR) is 401 cm³/mol. The summed E-state index contributed by atoms with van der Waals surface area (Å²) in [4.78, 5) is 23.5. The highest BCUT2D eigenvalue weighted by atomic mass is 31.2. The summed E-state index contributed by atoms with van der Waals surface area (Å²) in [5.41, 5.74) is 0. The SMILES string of the molecule is CC/C=C\C/C=C\C/C=C\C/C=C\CCCCCCCCCCCCCCCCCCCCCCCCCCCCCCC(=O)NC(COP(=O)(O)OCC[N+](C)(C)C)C(O)/C=C/CC/C=C/CCCCCCCCCCCCCCCCCCCCCCCC. The van der Waals surface area contributed by atoms with Crippen molar-refractivity contribution in [3.05, 3.63) is 72.9 Å². The Kier molecular flexibility index (Phi) is 70.6. The van der Waals surface area contributed by atoms with Crippen LogP contribution in [0.15, 0.2) is 72.9 Å². The van der Waals surface area contributed by atoms with Crippen molar-refractivity contribution >= 4 is 13.7 Å². The highest BCUT2D eigenvalue weighted by Gasteiger charge is 2.28. The summed E-state index contributed by atoms with van der Waals surface area (Å²) in [7, 11) is 1.57. The fourth-order valence-corrected chi connectivity index (χ4v) is 12.8. The number of nitrogens with one attached hydrogen (secondary N) is 1. The van der Waals surface area contributed by atoms with Gasteiger partial charge in [-0.15, -0.1) is 0 Å². The zero-order chi connectivity index (χ0) is 66.2. The van der Waals surface area contributed by atoms with Gasteiger partial charge in [-0.2, -0.15) is 0 Å². The fourth-order valence-electron chi connectivity index (χ4n) is 12.1. The van der Waals surface area contributed by atoms with E-state index in [4.69, 9.17) is 9.05 Å². The van der Waals surface area contributed by atoms with E-state index in [-0.39, 0.29) is 19.1 Å². The first kappa shape index (κ1) is 88.9. The molecule has 0 aliphatic rings. The van der Waals surface area contributed by atoms with Crippen LogP contribution in [0.5, 0.6) is 0 Å². The van der Waals surface area contributed by atoms with Gasteiger partial charge in [0.05, 0.1) is 39.9 Å². The van der Waals surface area contributed by atoms with Crippen molar-refractivity contribution in [3.63, 3.8) is 0 Å². The molecule has 0 aliphatic carbocycles. The van der Waals surface area contributed by atoms with Crippen molar-refractivity contribution < 1.29 is 32.9 Å². The molecule has 3 atom stereocenters. The van der Waals surface area contributed by atoms with E-state index >= 15 is 0 Å². The Labute approximate surface area is 567 Å². The summed E-state index contributed by atoms with van der Waals surface area (Å²) in [5, 5.41) is 14.0. The van der Waals surface area contributed by atoms with Gasteiger partial charge in [-0.25, -0.2) is 4.57 Å². The number of hydrogen-bond acceptors (Lipinski definition) is 5. The first-order valence-corrected chi connectivity index (χ1v) is 41.3. The molecule has 3 N–H and O–H groups in total. The molecule has 8 nitrogen and oxygen atoms in total. The fraction of sp³-hybridized carbons (Fsp3) is 0.841. The van der Waals surface area contributed by atoms with Crippen molar-refractivity contribution in [2.24, 2.45) is 0 Å². The first-order valence-electron chi connectivity index (χ1n) is 39.8. The Hall–Kier alpha value is -2.06. The lowest BCUT2D eigenvalue weighted by Crippen LogP contribution is -2.45. The van der Waals surface area contributed by atoms with Crippen molar-refractivity contribution in [2.45, 2.75) is 405 Å². The standard InChI is InChI=1S/C82H155N2O6P/c1-6-8-10-12-14-16-18-20-22-24-26-28-30-32-34-36-37-38-39-40-41-42-43-44-45-46-47-48-50-52-54-56-58-60-62-64-66-68-70-72-74-76-82(86)83-80(79-90-91(87,88)89-78-77-84(3,4)5)81(85)75-73-71-69-67-65-63-61-59-57-55-53-51-49-35-33-31-29-27-25-23-21-19-17-15-13-11-9-7-2/h8,10,14,16,20,22,26,28,65,67,73,75,80-81,85H,6-7,9,11-13,15,17-19,21,23-25,27,29-64,66,68-72,74,76-79H2,1-5H3,(H-,83,86,87,88)/p+1/b10-8-,16-14-,22-20-,28-26-,67-65+,75-73+. The largest absolute Gasteiger partial charge is 0.472 e. The maximum Gasteiger partial charge on any atom is 0.472 e. The summed E-state index contributed by atoms with van der Waals surface area (Å²) in [6, 6.07) is -0.865. The third-order valence-corrected chi connectivity index (χ3v) is 19.1. The van der Waals surface area contributed by atoms with Gasteiger partial charge in [-0.1, -0.05) is 389 Å². The first-order chi connectivity index (χ1) is 44.5. The molecule has 0 saturated carbocycles. The van der Waals surface area contributed by atoms with Crippen LogP contribution in [0.25, 0.3) is 0 Å². The number of unbranched alkanes of at least 4 members (excludes halogenated alkanes) is 51. The predicted octanol–water partition coefficient (Wildman–Crippen LogP) is 26.1. The molecule has 534 valence electrons. The van der Waals surface area contributed by atoms with Crippen LogP contribution >= 0.6 is 7.82 Å². The van der Waals surface area contributed by atoms with Gasteiger partial charge in [-0.3, -0.25) is 13.8 Å². The van der Waals surface area contributed by atoms with Crippen LogP contribution in [0.2, 0.25) is 0 Å². The molecule has 0 aromatic carbocycles. The minimum absolute atomic E-state index is 0.0571. The van der Waals surface area contributed by atoms with Crippen LogP contribution in [0, 0.1) is 0 Å². The number of carbonyl (C=O) groups excluding carboxylic acids is 1. The van der Waals surface area contributed by atoms with Crippen LogP contribution < -0.4 is 5.32 Å². The monoisotopic (exact) mass is 1300 g/mol. The van der Waals surface area contributed by atoms with Gasteiger partial charge in [0.15, 0.2) is 0 Å². The van der Waals surface area contributed by atoms with Crippen molar-refractivity contribution in [2.75, 3.05) is 40.9 Å². The lowest BCUT2D eigenvalue weighted by molar-refractivity contribution is -0.870. The molecule has 0 spiro atoms. The number of phosphoric ester groups is 1. The Morgan fingerprint density at radius 3 is 1.01 bits per heavy atom. The minimum atomic E-state index is -4.37. The highest BCUT2D eigenvalue weighted by Crippen LogP contribution is 2.43. The van der Waals surface area contributed by atoms with E-state index in [2.05, 4.69) is 79.9 Å². The zero-order valence-electron chi connectivity index (χ0n) is 61.3. The van der Waals surface area contributed by atoms with E-state index < -0.39 is 20.0 Å². The van der Waals surface area contributed by atoms with Gasteiger partial charge in [-0.05, 0) is 70.6 Å². The van der Waals surface area contributed by atoms with Crippen LogP contribution in [0.1, 0.15) is 393 Å². The summed E-state index contributed by atoms with van der Waals surface area (Å²) >= 11 is 0. The Bertz CT molecular complexity index is 1720. The third-order valence-electron chi connectivity index (χ3n) is 18.2. The molecule has 1 amide bonds. The Morgan fingerprint density at radius 2 is 0.670 bits per heavy atom. The van der Waals surface area contributed by atoms with Crippen LogP contribution in [0.4, 0.5) is 0 Å². The normalized spacial score (nSPS) is 13.9. The highest BCUT2D eigenvalue weighted by molar-refractivity contribution is 7.47. The van der Waals surface area contributed by atoms with Gasteiger partial charge < -0.3 is 19.8 Å². The number of phosphoric acid groups is 1. The number of rotatable bonds is 74. The van der Waals surface area contributed by atoms with Gasteiger partial charge in [0.2, 0.25) is 5.91 Å². The van der Waals surface area contributed by atoms with Crippen LogP contribution in [0.3, 0.4) is 0 Å². The summed E-state index contributed by atoms with van der Waals surface area (Å²) < 4.78 is 23.9. The smallest absolute Gasteiger partial charge is 0.387 e. The Morgan fingerprint density at radius 1 is 0.385 bits per heavy atom. The molecule has 0 aromatic heterocycles. The topological polar surface area (TPSA) is 105 Å². The van der Waals surface area contributed by atoms with E-state index in [1.807, 2.05) is 27.2 Å². The zero-order valence-corrected chi connectivity index (χ0v) is 62.2. The van der Waals surface area contributed by atoms with Crippen molar-refractivity contribution in [1.29, 1.82) is 0 Å². The van der Waals surface area contributed by atoms with E-state index in [1.54, 1.807) is 6.08 Å². The van der Waals surface area contributed by atoms with Gasteiger partial charge >= 0.3 is 7.82 Å². The number of aliphatic hydroxyl groups excluding tert-OH is 1. The number of aliphatic hydroxyl groups is 1. The second-order valence-electron chi connectivity index (χ2n) is 28.4. The average Bonchev–Trinajstić information content (AvgIpc) is 3.59. The summed E-state index contributed by atoms with van der Waals surface area (Å²) in [6.45, 7) is 4.74. The van der Waals surface area contributed by atoms with Gasteiger partial charge in [0.1, 0.15) is 13.2 Å². The molecule has 0 bridgehead atoms. The molecular formula is C82H156N2O6P+. The number of hydrogen-bond donors (Lipinski definition) is 3. The van der Waals surface area contributed by atoms with Crippen molar-refractivity contribution in [1.82, 2.24) is 5.32 Å². The van der Waals surface area contributed by atoms with Gasteiger partial charge in [0.25, 0.3) is 0 Å². The second kappa shape index (κ2) is 72.2. The van der Waals surface area contributed by atoms with E-state index in [0.717, 1.165) is 64.2 Å². The molecule has 0 aliphatic heterocycles. The number of carbonyl (C=O) groups is 1. The maximum absolute atomic E-state index is 13.1. The molecule has 0 heterocycles. The molecule has 9 heteroatoms. The van der Waals surface area contributed by atoms with E-state index in [1.165, 1.54) is 308 Å². The van der Waals surface area contributed by atoms with E-state index in [0.29, 0.717) is 17.4 Å². The van der Waals surface area contributed by atoms with Crippen LogP contribution in [-0.4, -0.2) is 73.4 Å². The lowest BCUT2D eigenvalue weighted by atomic mass is 10.0. The van der Waals surface area contributed by atoms with Gasteiger partial charge in [0, 0.05) is 6.42 Å². The minimum Gasteiger partial charge on any atom is -0.387 e. The molecule has 91 heavy (non-hydrogen) atoms. The summed E-state index contributed by atoms with van der Waals surface area (Å²) in [5.74, 6) is -0.179. The number of likely N-dealkylation sites (N-methyl/N-ethyl adjacent to an activating group) is 1. The average molecular weight is 1300 g/mol. The maximum atomic E-state index is 13.1. The molecule has 0 aromatic rings. The van der Waals surface area contributed by atoms with E-state index in [9.17, 15) is 19.4 Å². The quantitative estimate of drug-likeness (QED) is 0.0243. The second-order valence-corrected chi connectivity index (χ2v) is 29.9. The number of allylic oxidation sites excluding steroid dienone is 11.